The van der Waals surface area contributed by atoms with Crippen molar-refractivity contribution in [3.05, 3.63) is 42.0 Å². The molecule has 0 fully saturated rings. The summed E-state index contributed by atoms with van der Waals surface area (Å²) in [6.07, 6.45) is 4.28. The summed E-state index contributed by atoms with van der Waals surface area (Å²) in [7, 11) is 0. The molecule has 0 saturated carbocycles. The van der Waals surface area contributed by atoms with Gasteiger partial charge in [0.25, 0.3) is 0 Å². The smallest absolute Gasteiger partial charge is 0.159 e. The van der Waals surface area contributed by atoms with Gasteiger partial charge in [-0.15, -0.1) is 0 Å². The predicted octanol–water partition coefficient (Wildman–Crippen LogP) is 2.27. The highest BCUT2D eigenvalue weighted by atomic mass is 16.1. The van der Waals surface area contributed by atoms with Gasteiger partial charge >= 0.3 is 0 Å². The number of rotatable bonds is 2. The largest absolute Gasteiger partial charge is 0.364 e. The van der Waals surface area contributed by atoms with Crippen LogP contribution in [0.25, 0.3) is 0 Å². The predicted molar refractivity (Wildman–Crippen MR) is 57.8 cm³/mol. The molecule has 0 unspecified atom stereocenters. The second kappa shape index (κ2) is 3.66. The van der Waals surface area contributed by atoms with Gasteiger partial charge in [-0.2, -0.15) is 0 Å². The van der Waals surface area contributed by atoms with Crippen molar-refractivity contribution in [3.8, 4) is 0 Å². The zero-order chi connectivity index (χ0) is 9.97. The molecule has 1 aromatic rings. The molecule has 1 aliphatic rings. The summed E-state index contributed by atoms with van der Waals surface area (Å²) in [5, 5.41) is 0. The summed E-state index contributed by atoms with van der Waals surface area (Å²) >= 11 is 0. The molecule has 2 heteroatoms. The third-order valence-electron chi connectivity index (χ3n) is 2.44. The van der Waals surface area contributed by atoms with Crippen LogP contribution in [0, 0.1) is 0 Å². The summed E-state index contributed by atoms with van der Waals surface area (Å²) in [5.74, 6) is 0.124. The Hall–Kier alpha value is -1.57. The molecule has 2 rings (SSSR count). The lowest BCUT2D eigenvalue weighted by Crippen LogP contribution is -2.18. The lowest BCUT2D eigenvalue weighted by Gasteiger charge is -2.17. The fourth-order valence-corrected chi connectivity index (χ4v) is 1.61. The number of Topliss-reactive ketones (excluding diaryl/α,β-unsaturated/α-hetero) is 1. The van der Waals surface area contributed by atoms with Crippen LogP contribution >= 0.6 is 0 Å². The molecular formula is C12H13NO. The van der Waals surface area contributed by atoms with E-state index in [4.69, 9.17) is 0 Å². The molecule has 72 valence electrons. The Bertz CT molecular complexity index is 374. The van der Waals surface area contributed by atoms with Crippen LogP contribution in [-0.2, 0) is 0 Å². The first-order valence-electron chi connectivity index (χ1n) is 4.78. The first-order chi connectivity index (χ1) is 6.77. The number of ketones is 1. The highest BCUT2D eigenvalue weighted by Gasteiger charge is 2.08. The second-order valence-corrected chi connectivity index (χ2v) is 3.48. The van der Waals surface area contributed by atoms with Crippen molar-refractivity contribution < 1.29 is 4.79 Å². The number of hydrogen-bond acceptors (Lipinski definition) is 2. The van der Waals surface area contributed by atoms with Gasteiger partial charge in [0.1, 0.15) is 0 Å². The lowest BCUT2D eigenvalue weighted by molar-refractivity contribution is 0.101. The Morgan fingerprint density at radius 3 is 2.64 bits per heavy atom. The summed E-state index contributed by atoms with van der Waals surface area (Å²) in [5.41, 5.74) is 1.91. The standard InChI is InChI=1S/C12H13NO/c1-10(14)11-5-4-6-12(9-11)13-7-2-3-8-13/h2-6,9H,7-8H2,1H3. The van der Waals surface area contributed by atoms with E-state index in [9.17, 15) is 4.79 Å². The average molecular weight is 187 g/mol. The van der Waals surface area contributed by atoms with Crippen LogP contribution in [0.15, 0.2) is 36.4 Å². The van der Waals surface area contributed by atoms with Crippen molar-refractivity contribution in [2.24, 2.45) is 0 Å². The van der Waals surface area contributed by atoms with E-state index in [1.165, 1.54) is 0 Å². The van der Waals surface area contributed by atoms with Gasteiger partial charge in [0.15, 0.2) is 5.78 Å². The minimum atomic E-state index is 0.124. The number of benzene rings is 1. The molecule has 0 aliphatic carbocycles. The van der Waals surface area contributed by atoms with Crippen LogP contribution in [0.3, 0.4) is 0 Å². The SMILES string of the molecule is CC(=O)c1cccc(N2CC=CC2)c1. The van der Waals surface area contributed by atoms with E-state index >= 15 is 0 Å². The summed E-state index contributed by atoms with van der Waals surface area (Å²) in [4.78, 5) is 13.4. The third-order valence-corrected chi connectivity index (χ3v) is 2.44. The van der Waals surface area contributed by atoms with Crippen molar-refractivity contribution in [2.75, 3.05) is 18.0 Å². The molecule has 14 heavy (non-hydrogen) atoms. The molecule has 0 bridgehead atoms. The van der Waals surface area contributed by atoms with E-state index < -0.39 is 0 Å². The van der Waals surface area contributed by atoms with Crippen LogP contribution in [0.4, 0.5) is 5.69 Å². The fraction of sp³-hybridized carbons (Fsp3) is 0.250. The van der Waals surface area contributed by atoms with Crippen molar-refractivity contribution in [2.45, 2.75) is 6.92 Å². The normalized spacial score (nSPS) is 14.8. The van der Waals surface area contributed by atoms with Crippen LogP contribution in [-0.4, -0.2) is 18.9 Å². The molecule has 0 amide bonds. The molecule has 0 aromatic heterocycles. The summed E-state index contributed by atoms with van der Waals surface area (Å²) < 4.78 is 0. The lowest BCUT2D eigenvalue weighted by atomic mass is 10.1. The average Bonchev–Trinajstić information content (AvgIpc) is 2.71. The van der Waals surface area contributed by atoms with Gasteiger partial charge in [-0.1, -0.05) is 24.3 Å². The Morgan fingerprint density at radius 1 is 1.29 bits per heavy atom. The second-order valence-electron chi connectivity index (χ2n) is 3.48. The van der Waals surface area contributed by atoms with E-state index in [-0.39, 0.29) is 5.78 Å². The molecule has 0 atom stereocenters. The number of anilines is 1. The van der Waals surface area contributed by atoms with Crippen LogP contribution in [0.2, 0.25) is 0 Å². The van der Waals surface area contributed by atoms with Gasteiger partial charge in [-0.05, 0) is 19.1 Å². The third kappa shape index (κ3) is 1.69. The van der Waals surface area contributed by atoms with Gasteiger partial charge < -0.3 is 4.90 Å². The van der Waals surface area contributed by atoms with Crippen molar-refractivity contribution >= 4 is 11.5 Å². The van der Waals surface area contributed by atoms with Gasteiger partial charge in [-0.3, -0.25) is 4.79 Å². The minimum absolute atomic E-state index is 0.124. The van der Waals surface area contributed by atoms with Crippen molar-refractivity contribution in [1.29, 1.82) is 0 Å². The number of hydrogen-bond donors (Lipinski definition) is 0. The Labute approximate surface area is 83.8 Å². The van der Waals surface area contributed by atoms with Crippen LogP contribution in [0.5, 0.6) is 0 Å². The molecule has 0 saturated heterocycles. The Balaban J connectivity index is 2.26. The molecule has 0 spiro atoms. The zero-order valence-corrected chi connectivity index (χ0v) is 8.23. The van der Waals surface area contributed by atoms with E-state index in [2.05, 4.69) is 17.1 Å². The highest BCUT2D eigenvalue weighted by Crippen LogP contribution is 2.18. The van der Waals surface area contributed by atoms with Gasteiger partial charge in [0.2, 0.25) is 0 Å². The first kappa shape index (κ1) is 9.00. The Morgan fingerprint density at radius 2 is 2.00 bits per heavy atom. The maximum absolute atomic E-state index is 11.2. The molecule has 1 aromatic carbocycles. The van der Waals surface area contributed by atoms with E-state index in [1.54, 1.807) is 6.92 Å². The summed E-state index contributed by atoms with van der Waals surface area (Å²) in [6.45, 7) is 3.49. The molecular weight excluding hydrogens is 174 g/mol. The Kier molecular flexibility index (Phi) is 2.35. The van der Waals surface area contributed by atoms with E-state index in [0.717, 1.165) is 24.3 Å². The molecule has 0 N–H and O–H groups in total. The molecule has 1 aliphatic heterocycles. The summed E-state index contributed by atoms with van der Waals surface area (Å²) in [6, 6.07) is 7.79. The maximum atomic E-state index is 11.2. The highest BCUT2D eigenvalue weighted by molar-refractivity contribution is 5.95. The van der Waals surface area contributed by atoms with Crippen molar-refractivity contribution in [3.63, 3.8) is 0 Å². The van der Waals surface area contributed by atoms with E-state index in [0.29, 0.717) is 0 Å². The van der Waals surface area contributed by atoms with Crippen LogP contribution in [0.1, 0.15) is 17.3 Å². The van der Waals surface area contributed by atoms with Crippen LogP contribution < -0.4 is 4.90 Å². The zero-order valence-electron chi connectivity index (χ0n) is 8.23. The van der Waals surface area contributed by atoms with Gasteiger partial charge in [-0.25, -0.2) is 0 Å². The fourth-order valence-electron chi connectivity index (χ4n) is 1.61. The van der Waals surface area contributed by atoms with Crippen molar-refractivity contribution in [1.82, 2.24) is 0 Å². The maximum Gasteiger partial charge on any atom is 0.159 e. The van der Waals surface area contributed by atoms with Gasteiger partial charge in [0.05, 0.1) is 0 Å². The first-order valence-corrected chi connectivity index (χ1v) is 4.78. The van der Waals surface area contributed by atoms with E-state index in [1.807, 2.05) is 24.3 Å². The quantitative estimate of drug-likeness (QED) is 0.523. The topological polar surface area (TPSA) is 20.3 Å². The minimum Gasteiger partial charge on any atom is -0.364 e. The molecule has 1 heterocycles. The van der Waals surface area contributed by atoms with Gasteiger partial charge in [0, 0.05) is 24.3 Å². The molecule has 0 radical (unpaired) electrons. The number of nitrogens with zero attached hydrogens (tertiary/aromatic N) is 1. The number of carbonyl (C=O) groups excluding carboxylic acids is 1. The number of carbonyl (C=O) groups is 1. The molecule has 2 nitrogen and oxygen atoms in total. The monoisotopic (exact) mass is 187 g/mol.